The number of nitrogens with zero attached hydrogens (tertiary/aromatic N) is 1. The number of aromatic hydroxyl groups is 1. The van der Waals surface area contributed by atoms with Crippen LogP contribution in [-0.4, -0.2) is 40.3 Å². The Balaban J connectivity index is 0.00000218. The van der Waals surface area contributed by atoms with Crippen LogP contribution < -0.4 is 16.2 Å². The molecule has 5 rings (SSSR count). The van der Waals surface area contributed by atoms with Crippen LogP contribution in [0.5, 0.6) is 5.75 Å². The Kier molecular flexibility index (Phi) is 4.78. The zero-order valence-corrected chi connectivity index (χ0v) is 16.6. The van der Waals surface area contributed by atoms with Crippen LogP contribution in [0.4, 0.5) is 14.5 Å². The second-order valence-electron chi connectivity index (χ2n) is 8.06. The first-order valence-electron chi connectivity index (χ1n) is 9.52. The molecule has 0 spiro atoms. The molecule has 1 saturated carbocycles. The molecule has 160 valence electrons. The lowest BCUT2D eigenvalue weighted by atomic mass is 9.97. The molecule has 0 bridgehead atoms. The van der Waals surface area contributed by atoms with Gasteiger partial charge in [-0.2, -0.15) is 0 Å². The van der Waals surface area contributed by atoms with E-state index in [1.807, 2.05) is 0 Å². The number of hydrogen-bond donors (Lipinski definition) is 4. The van der Waals surface area contributed by atoms with Gasteiger partial charge in [0.25, 0.3) is 5.56 Å². The molecule has 0 unspecified atom stereocenters. The second-order valence-corrected chi connectivity index (χ2v) is 8.06. The Hall–Kier alpha value is -2.65. The number of nitrogens with one attached hydrogen (secondary N) is 1. The molecule has 5 N–H and O–H groups in total. The second kappa shape index (κ2) is 6.95. The Morgan fingerprint density at radius 3 is 2.50 bits per heavy atom. The van der Waals surface area contributed by atoms with E-state index in [0.29, 0.717) is 43.3 Å². The van der Waals surface area contributed by atoms with Crippen molar-refractivity contribution in [2.45, 2.75) is 25.3 Å². The van der Waals surface area contributed by atoms with Crippen molar-refractivity contribution in [1.29, 1.82) is 0 Å². The van der Waals surface area contributed by atoms with Crippen LogP contribution in [0, 0.1) is 23.5 Å². The van der Waals surface area contributed by atoms with Gasteiger partial charge in [-0.15, -0.1) is 12.4 Å². The lowest BCUT2D eigenvalue weighted by molar-refractivity contribution is 0.0691. The van der Waals surface area contributed by atoms with Gasteiger partial charge in [-0.25, -0.2) is 13.6 Å². The summed E-state index contributed by atoms with van der Waals surface area (Å²) in [6.45, 7) is 1.16. The minimum atomic E-state index is -1.58. The molecule has 1 aromatic heterocycles. The Morgan fingerprint density at radius 1 is 1.20 bits per heavy atom. The van der Waals surface area contributed by atoms with Crippen LogP contribution in [0.3, 0.4) is 0 Å². The van der Waals surface area contributed by atoms with E-state index in [9.17, 15) is 19.8 Å². The highest BCUT2D eigenvalue weighted by atomic mass is 35.5. The number of aryl methyl sites for hydroxylation is 1. The first-order valence-corrected chi connectivity index (χ1v) is 9.52. The predicted molar refractivity (Wildman–Crippen MR) is 107 cm³/mol. The third-order valence-corrected chi connectivity index (χ3v) is 6.50. The van der Waals surface area contributed by atoms with Crippen molar-refractivity contribution in [3.05, 3.63) is 44.7 Å². The van der Waals surface area contributed by atoms with Gasteiger partial charge in [0.15, 0.2) is 17.2 Å². The number of carboxylic acid groups (broad SMARTS) is 1. The van der Waals surface area contributed by atoms with Gasteiger partial charge in [0, 0.05) is 30.3 Å². The number of fused-ring (bicyclic) bond motifs is 4. The summed E-state index contributed by atoms with van der Waals surface area (Å²) in [7, 11) is 0. The number of piperidine rings is 1. The molecule has 1 aromatic carbocycles. The molecule has 0 amide bonds. The molecule has 3 aliphatic rings. The summed E-state index contributed by atoms with van der Waals surface area (Å²) in [6.07, 6.45) is 1.11. The van der Waals surface area contributed by atoms with E-state index in [2.05, 4.69) is 4.98 Å². The topological polar surface area (TPSA) is 120 Å². The van der Waals surface area contributed by atoms with Gasteiger partial charge in [-0.3, -0.25) is 4.79 Å². The number of H-pyrrole nitrogens is 1. The van der Waals surface area contributed by atoms with Crippen molar-refractivity contribution in [2.75, 3.05) is 18.0 Å². The molecule has 10 heteroatoms. The molecule has 1 aliphatic heterocycles. The molecule has 2 fully saturated rings. The maximum absolute atomic E-state index is 15.2. The average molecular weight is 440 g/mol. The first kappa shape index (κ1) is 20.6. The van der Waals surface area contributed by atoms with Crippen molar-refractivity contribution in [2.24, 2.45) is 17.6 Å². The summed E-state index contributed by atoms with van der Waals surface area (Å²) in [5.41, 5.74) is 4.71. The molecule has 2 aliphatic carbocycles. The van der Waals surface area contributed by atoms with Crippen molar-refractivity contribution < 1.29 is 23.8 Å². The third-order valence-electron chi connectivity index (χ3n) is 6.50. The van der Waals surface area contributed by atoms with Crippen LogP contribution in [-0.2, 0) is 12.8 Å². The fraction of sp³-hybridized carbons (Fsp3) is 0.400. The van der Waals surface area contributed by atoms with Crippen LogP contribution >= 0.6 is 12.4 Å². The minimum Gasteiger partial charge on any atom is -0.506 e. The van der Waals surface area contributed by atoms with E-state index in [1.165, 1.54) is 0 Å². The van der Waals surface area contributed by atoms with Crippen LogP contribution in [0.15, 0.2) is 10.9 Å². The van der Waals surface area contributed by atoms with Crippen molar-refractivity contribution in [3.8, 4) is 17.0 Å². The van der Waals surface area contributed by atoms with Gasteiger partial charge in [0.05, 0.1) is 11.4 Å². The van der Waals surface area contributed by atoms with E-state index in [4.69, 9.17) is 5.73 Å². The standard InChI is InChI=1S/C20H19F2N3O4.ClH/c21-14-11(25-5-9-10(6-25)16(9)23)4-7-2-1-3-8-17(12(7)15(14)22)24-19(27)13(18(8)26)20(28)29;/h4,9-10,16H,1-3,5-6,23H2,(H,28,29)(H2,24,26,27);1H/t9-,10+,16+;. The van der Waals surface area contributed by atoms with Crippen molar-refractivity contribution in [1.82, 2.24) is 4.98 Å². The Morgan fingerprint density at radius 2 is 1.87 bits per heavy atom. The monoisotopic (exact) mass is 439 g/mol. The fourth-order valence-corrected chi connectivity index (χ4v) is 4.87. The third kappa shape index (κ3) is 2.79. The van der Waals surface area contributed by atoms with Gasteiger partial charge in [0.2, 0.25) is 0 Å². The number of nitrogens with two attached hydrogens (primary N) is 1. The quantitative estimate of drug-likeness (QED) is 0.568. The van der Waals surface area contributed by atoms with Crippen LogP contribution in [0.1, 0.15) is 27.9 Å². The van der Waals surface area contributed by atoms with Gasteiger partial charge in [0.1, 0.15) is 5.75 Å². The van der Waals surface area contributed by atoms with E-state index in [0.717, 1.165) is 0 Å². The van der Waals surface area contributed by atoms with Gasteiger partial charge < -0.3 is 25.8 Å². The highest BCUT2D eigenvalue weighted by molar-refractivity contribution is 5.92. The normalized spacial score (nSPS) is 23.7. The summed E-state index contributed by atoms with van der Waals surface area (Å²) in [5.74, 6) is -3.79. The highest BCUT2D eigenvalue weighted by Crippen LogP contribution is 2.47. The number of benzene rings is 1. The number of pyridine rings is 1. The van der Waals surface area contributed by atoms with Crippen molar-refractivity contribution >= 4 is 24.1 Å². The largest absolute Gasteiger partial charge is 0.506 e. The number of aromatic amines is 1. The summed E-state index contributed by atoms with van der Waals surface area (Å²) in [4.78, 5) is 27.6. The zero-order valence-electron chi connectivity index (χ0n) is 15.7. The number of carbonyl (C=O) groups is 1. The number of carboxylic acids is 1. The van der Waals surface area contributed by atoms with Crippen LogP contribution in [0.25, 0.3) is 11.3 Å². The molecule has 0 radical (unpaired) electrons. The van der Waals surface area contributed by atoms with Crippen molar-refractivity contribution in [3.63, 3.8) is 0 Å². The molecule has 2 heterocycles. The van der Waals surface area contributed by atoms with E-state index in [-0.39, 0.29) is 47.4 Å². The molecule has 30 heavy (non-hydrogen) atoms. The highest BCUT2D eigenvalue weighted by Gasteiger charge is 2.54. The SMILES string of the molecule is Cl.N[C@@H]1[C@H]2CN(c3cc4c(c(F)c3F)-c3[nH]c(=O)c(C(=O)O)c(O)c3CCC4)C[C@@H]12. The summed E-state index contributed by atoms with van der Waals surface area (Å²) in [5, 5.41) is 19.5. The molecular weight excluding hydrogens is 420 g/mol. The molecule has 3 atom stereocenters. The van der Waals surface area contributed by atoms with E-state index >= 15 is 8.78 Å². The molecule has 2 aromatic rings. The Labute approximate surface area is 175 Å². The molecule has 1 saturated heterocycles. The van der Waals surface area contributed by atoms with E-state index < -0.39 is 34.5 Å². The number of aromatic carboxylic acids is 1. The van der Waals surface area contributed by atoms with Gasteiger partial charge in [-0.05, 0) is 42.7 Å². The summed E-state index contributed by atoms with van der Waals surface area (Å²) >= 11 is 0. The number of halogens is 3. The summed E-state index contributed by atoms with van der Waals surface area (Å²) < 4.78 is 30.2. The number of aromatic nitrogens is 1. The maximum Gasteiger partial charge on any atom is 0.345 e. The average Bonchev–Trinajstić information content (AvgIpc) is 3.09. The number of rotatable bonds is 2. The lowest BCUT2D eigenvalue weighted by Crippen LogP contribution is -2.29. The summed E-state index contributed by atoms with van der Waals surface area (Å²) in [6, 6.07) is 1.72. The predicted octanol–water partition coefficient (Wildman–Crippen LogP) is 2.03. The first-order chi connectivity index (χ1) is 13.8. The van der Waals surface area contributed by atoms with Crippen LogP contribution in [0.2, 0.25) is 0 Å². The molecular formula is C20H20ClF2N3O4. The zero-order chi connectivity index (χ0) is 20.6. The Bertz CT molecular complexity index is 1120. The molecule has 7 nitrogen and oxygen atoms in total. The number of anilines is 1. The van der Waals surface area contributed by atoms with Gasteiger partial charge >= 0.3 is 5.97 Å². The minimum absolute atomic E-state index is 0. The lowest BCUT2D eigenvalue weighted by Gasteiger charge is -2.24. The number of hydrogen-bond acceptors (Lipinski definition) is 5. The maximum atomic E-state index is 15.2. The van der Waals surface area contributed by atoms with E-state index in [1.54, 1.807) is 11.0 Å². The van der Waals surface area contributed by atoms with Gasteiger partial charge in [-0.1, -0.05) is 0 Å². The fourth-order valence-electron chi connectivity index (χ4n) is 4.87. The smallest absolute Gasteiger partial charge is 0.345 e.